The van der Waals surface area contributed by atoms with Crippen molar-refractivity contribution in [2.24, 2.45) is 0 Å². The maximum absolute atomic E-state index is 13.8. The second kappa shape index (κ2) is 8.18. The van der Waals surface area contributed by atoms with Crippen molar-refractivity contribution in [1.82, 2.24) is 14.5 Å². The molecule has 8 nitrogen and oxygen atoms in total. The normalized spacial score (nSPS) is 12.7. The molecule has 0 unspecified atom stereocenters. The number of carbonyl (C=O) groups excluding carboxylic acids is 1. The van der Waals surface area contributed by atoms with Crippen molar-refractivity contribution in [2.45, 2.75) is 26.6 Å². The van der Waals surface area contributed by atoms with Gasteiger partial charge in [-0.3, -0.25) is 4.79 Å². The van der Waals surface area contributed by atoms with Crippen LogP contribution in [-0.4, -0.2) is 27.6 Å². The Bertz CT molecular complexity index is 1400. The fourth-order valence-electron chi connectivity index (χ4n) is 4.13. The Morgan fingerprint density at radius 3 is 2.88 bits per heavy atom. The molecule has 0 aliphatic carbocycles. The molecule has 2 aromatic carbocycles. The topological polar surface area (TPSA) is 104 Å². The van der Waals surface area contributed by atoms with Crippen LogP contribution in [0, 0.1) is 12.7 Å². The van der Waals surface area contributed by atoms with Crippen molar-refractivity contribution in [3.8, 4) is 11.4 Å². The lowest BCUT2D eigenvalue weighted by Gasteiger charge is -2.15. The molecule has 3 heterocycles. The monoisotopic (exact) mass is 447 g/mol. The Morgan fingerprint density at radius 2 is 2.09 bits per heavy atom. The predicted molar refractivity (Wildman–Crippen MR) is 122 cm³/mol. The van der Waals surface area contributed by atoms with Gasteiger partial charge in [0.1, 0.15) is 28.9 Å². The van der Waals surface area contributed by atoms with E-state index in [1.165, 1.54) is 19.5 Å². The van der Waals surface area contributed by atoms with E-state index in [1.54, 1.807) is 25.1 Å². The van der Waals surface area contributed by atoms with Crippen molar-refractivity contribution in [1.29, 1.82) is 0 Å². The summed E-state index contributed by atoms with van der Waals surface area (Å²) in [5.74, 6) is 0.237. The average molecular weight is 447 g/mol. The van der Waals surface area contributed by atoms with Gasteiger partial charge in [-0.2, -0.15) is 0 Å². The van der Waals surface area contributed by atoms with Crippen LogP contribution >= 0.6 is 0 Å². The van der Waals surface area contributed by atoms with Gasteiger partial charge < -0.3 is 25.1 Å². The number of nitrogens with two attached hydrogens (primary N) is 1. The lowest BCUT2D eigenvalue weighted by atomic mass is 10.1. The van der Waals surface area contributed by atoms with E-state index in [9.17, 15) is 9.18 Å². The third kappa shape index (κ3) is 3.66. The molecule has 0 saturated heterocycles. The van der Waals surface area contributed by atoms with Gasteiger partial charge in [-0.1, -0.05) is 12.1 Å². The van der Waals surface area contributed by atoms with Crippen LogP contribution in [0.5, 0.6) is 5.75 Å². The van der Waals surface area contributed by atoms with Crippen molar-refractivity contribution in [3.05, 3.63) is 70.9 Å². The molecule has 1 aliphatic rings. The van der Waals surface area contributed by atoms with Gasteiger partial charge in [-0.15, -0.1) is 0 Å². The molecule has 2 aromatic heterocycles. The molecular formula is C24H22FN5O3. The van der Waals surface area contributed by atoms with Crippen LogP contribution in [-0.2, 0) is 29.2 Å². The van der Waals surface area contributed by atoms with Crippen LogP contribution in [0.2, 0.25) is 0 Å². The van der Waals surface area contributed by atoms with E-state index >= 15 is 0 Å². The summed E-state index contributed by atoms with van der Waals surface area (Å²) in [6.45, 7) is 2.57. The van der Waals surface area contributed by atoms with E-state index in [4.69, 9.17) is 15.2 Å². The molecule has 3 N–H and O–H groups in total. The number of nitrogens with one attached hydrogen (secondary N) is 1. The molecule has 1 aliphatic heterocycles. The summed E-state index contributed by atoms with van der Waals surface area (Å²) in [7, 11) is 1.53. The Labute approximate surface area is 189 Å². The fraction of sp³-hybridized carbons (Fsp3) is 0.208. The molecule has 5 rings (SSSR count). The number of halogens is 1. The molecule has 0 fully saturated rings. The highest BCUT2D eigenvalue weighted by Gasteiger charge is 2.26. The number of benzene rings is 2. The first-order valence-corrected chi connectivity index (χ1v) is 10.4. The van der Waals surface area contributed by atoms with Crippen LogP contribution < -0.4 is 15.8 Å². The van der Waals surface area contributed by atoms with Crippen LogP contribution in [0.15, 0.2) is 42.7 Å². The summed E-state index contributed by atoms with van der Waals surface area (Å²) >= 11 is 0. The molecule has 0 spiro atoms. The Hall–Kier alpha value is -3.98. The lowest BCUT2D eigenvalue weighted by molar-refractivity contribution is -0.115. The number of nitrogen functional groups attached to an aromatic ring is 1. The number of hydrogen-bond acceptors (Lipinski definition) is 6. The van der Waals surface area contributed by atoms with Gasteiger partial charge in [0.25, 0.3) is 0 Å². The van der Waals surface area contributed by atoms with E-state index in [0.29, 0.717) is 47.1 Å². The van der Waals surface area contributed by atoms with Gasteiger partial charge in [-0.05, 0) is 36.2 Å². The summed E-state index contributed by atoms with van der Waals surface area (Å²) in [4.78, 5) is 21.1. The summed E-state index contributed by atoms with van der Waals surface area (Å²) < 4.78 is 27.0. The Balaban J connectivity index is 1.47. The number of rotatable bonds is 5. The van der Waals surface area contributed by atoms with Gasteiger partial charge in [0.15, 0.2) is 5.82 Å². The maximum atomic E-state index is 13.8. The first-order chi connectivity index (χ1) is 16.0. The van der Waals surface area contributed by atoms with Gasteiger partial charge in [0.2, 0.25) is 5.91 Å². The number of carbonyl (C=O) groups is 1. The van der Waals surface area contributed by atoms with Crippen molar-refractivity contribution >= 4 is 28.4 Å². The number of amides is 1. The van der Waals surface area contributed by atoms with Gasteiger partial charge in [-0.25, -0.2) is 14.4 Å². The molecule has 9 heteroatoms. The number of aromatic nitrogens is 3. The summed E-state index contributed by atoms with van der Waals surface area (Å²) in [5, 5.41) is 2.85. The Morgan fingerprint density at radius 1 is 1.24 bits per heavy atom. The third-order valence-electron chi connectivity index (χ3n) is 5.78. The number of ether oxygens (including phenoxy) is 2. The van der Waals surface area contributed by atoms with Gasteiger partial charge in [0, 0.05) is 17.3 Å². The molecular weight excluding hydrogens is 425 g/mol. The smallest absolute Gasteiger partial charge is 0.228 e. The number of methoxy groups -OCH3 is 1. The van der Waals surface area contributed by atoms with E-state index in [1.807, 2.05) is 16.7 Å². The molecule has 0 saturated carbocycles. The minimum absolute atomic E-state index is 0.0447. The van der Waals surface area contributed by atoms with Crippen LogP contribution in [0.1, 0.15) is 22.4 Å². The molecule has 0 atom stereocenters. The minimum atomic E-state index is -0.332. The van der Waals surface area contributed by atoms with Crippen molar-refractivity contribution in [2.75, 3.05) is 18.2 Å². The maximum Gasteiger partial charge on any atom is 0.228 e. The zero-order valence-corrected chi connectivity index (χ0v) is 18.2. The first-order valence-electron chi connectivity index (χ1n) is 10.4. The lowest BCUT2D eigenvalue weighted by Crippen LogP contribution is -2.15. The number of aryl methyl sites for hydroxylation is 1. The van der Waals surface area contributed by atoms with Crippen molar-refractivity contribution in [3.63, 3.8) is 0 Å². The third-order valence-corrected chi connectivity index (χ3v) is 5.78. The quantitative estimate of drug-likeness (QED) is 0.484. The van der Waals surface area contributed by atoms with Crippen LogP contribution in [0.4, 0.5) is 15.9 Å². The molecule has 4 aromatic rings. The Kier molecular flexibility index (Phi) is 5.18. The number of fused-ring (bicyclic) bond motifs is 3. The van der Waals surface area contributed by atoms with E-state index in [-0.39, 0.29) is 18.1 Å². The summed E-state index contributed by atoms with van der Waals surface area (Å²) in [5.41, 5.74) is 12.0. The van der Waals surface area contributed by atoms with Crippen molar-refractivity contribution < 1.29 is 18.7 Å². The average Bonchev–Trinajstić information content (AvgIpc) is 3.38. The molecule has 168 valence electrons. The second-order valence-corrected chi connectivity index (χ2v) is 7.90. The van der Waals surface area contributed by atoms with E-state index in [2.05, 4.69) is 15.3 Å². The zero-order chi connectivity index (χ0) is 23.1. The van der Waals surface area contributed by atoms with Gasteiger partial charge in [0.05, 0.1) is 38.1 Å². The summed E-state index contributed by atoms with van der Waals surface area (Å²) in [6, 6.07) is 10.2. The van der Waals surface area contributed by atoms with Crippen LogP contribution in [0.25, 0.3) is 16.7 Å². The molecule has 33 heavy (non-hydrogen) atoms. The standard InChI is InChI=1S/C24H22FN5O3/c1-13-3-4-14(7-17(13)25)8-21(31)29-18-6-5-15(9-20(18)32-2)30-19-11-33-10-16(19)22-23(30)24(26)28-12-27-22/h3-7,9,12H,8,10-11H2,1-2H3,(H,29,31)(H2,26,27,28). The molecule has 0 radical (unpaired) electrons. The largest absolute Gasteiger partial charge is 0.494 e. The highest BCUT2D eigenvalue weighted by Crippen LogP contribution is 2.37. The highest BCUT2D eigenvalue weighted by molar-refractivity contribution is 5.94. The highest BCUT2D eigenvalue weighted by atomic mass is 19.1. The van der Waals surface area contributed by atoms with E-state index < -0.39 is 0 Å². The number of anilines is 2. The fourth-order valence-corrected chi connectivity index (χ4v) is 4.13. The number of hydrogen-bond donors (Lipinski definition) is 2. The summed E-state index contributed by atoms with van der Waals surface area (Å²) in [6.07, 6.45) is 1.49. The molecule has 1 amide bonds. The van der Waals surface area contributed by atoms with Gasteiger partial charge >= 0.3 is 0 Å². The minimum Gasteiger partial charge on any atom is -0.494 e. The SMILES string of the molecule is COc1cc(-n2c3c(c4ncnc(N)c42)COC3)ccc1NC(=O)Cc1ccc(C)c(F)c1. The zero-order valence-electron chi connectivity index (χ0n) is 18.2. The first kappa shape index (κ1) is 20.9. The second-order valence-electron chi connectivity index (χ2n) is 7.90. The van der Waals surface area contributed by atoms with Crippen LogP contribution in [0.3, 0.4) is 0 Å². The number of nitrogens with zero attached hydrogens (tertiary/aromatic N) is 3. The van der Waals surface area contributed by atoms with E-state index in [0.717, 1.165) is 22.5 Å². The molecule has 0 bridgehead atoms. The predicted octanol–water partition coefficient (Wildman–Crippen LogP) is 3.67.